The van der Waals surface area contributed by atoms with E-state index in [1.165, 1.54) is 0 Å². The van der Waals surface area contributed by atoms with Crippen LogP contribution in [0.5, 0.6) is 0 Å². The first-order valence-corrected chi connectivity index (χ1v) is 5.57. The number of carbonyl (C=O) groups excluding carboxylic acids is 1. The first kappa shape index (κ1) is 15.1. The average Bonchev–Trinajstić information content (AvgIpc) is 2.35. The monoisotopic (exact) mass is 308 g/mol. The molecular weight excluding hydrogens is 303 g/mol. The minimum absolute atomic E-state index is 0.324. The molecule has 0 aliphatic carbocycles. The standard InChI is InChI=1S/C9H6Cl2N2O6/c10-8(11)4-19-9(14)5-1-6(12(15)16)3-7(2-5)13(17)18/h1-3,8H,4H2. The van der Waals surface area contributed by atoms with Crippen molar-refractivity contribution in [1.82, 2.24) is 0 Å². The van der Waals surface area contributed by atoms with Crippen molar-refractivity contribution >= 4 is 40.5 Å². The Morgan fingerprint density at radius 2 is 1.63 bits per heavy atom. The second-order valence-corrected chi connectivity index (χ2v) is 4.52. The minimum atomic E-state index is -0.988. The van der Waals surface area contributed by atoms with Gasteiger partial charge in [0.2, 0.25) is 0 Å². The topological polar surface area (TPSA) is 113 Å². The molecule has 10 heteroatoms. The van der Waals surface area contributed by atoms with Crippen LogP contribution in [0.25, 0.3) is 0 Å². The normalized spacial score (nSPS) is 10.3. The third-order valence-electron chi connectivity index (χ3n) is 1.90. The summed E-state index contributed by atoms with van der Waals surface area (Å²) >= 11 is 10.7. The predicted octanol–water partition coefficient (Wildman–Crippen LogP) is 2.46. The van der Waals surface area contributed by atoms with Crippen LogP contribution in [0.2, 0.25) is 0 Å². The quantitative estimate of drug-likeness (QED) is 0.357. The highest BCUT2D eigenvalue weighted by molar-refractivity contribution is 6.44. The van der Waals surface area contributed by atoms with Crippen LogP contribution in [0, 0.1) is 20.2 Å². The molecule has 0 radical (unpaired) electrons. The summed E-state index contributed by atoms with van der Waals surface area (Å²) in [6.45, 7) is -0.335. The van der Waals surface area contributed by atoms with Crippen LogP contribution in [-0.4, -0.2) is 27.3 Å². The summed E-state index contributed by atoms with van der Waals surface area (Å²) in [4.78, 5) is 30.1. The lowest BCUT2D eigenvalue weighted by molar-refractivity contribution is -0.394. The van der Waals surface area contributed by atoms with Crippen molar-refractivity contribution in [3.8, 4) is 0 Å². The van der Waals surface area contributed by atoms with Crippen molar-refractivity contribution in [2.24, 2.45) is 0 Å². The summed E-state index contributed by atoms with van der Waals surface area (Å²) in [5.74, 6) is -0.988. The number of rotatable bonds is 5. The second kappa shape index (κ2) is 6.30. The van der Waals surface area contributed by atoms with Gasteiger partial charge >= 0.3 is 5.97 Å². The molecule has 0 fully saturated rings. The summed E-state index contributed by atoms with van der Waals surface area (Å²) in [6.07, 6.45) is 0. The number of alkyl halides is 2. The van der Waals surface area contributed by atoms with Gasteiger partial charge < -0.3 is 4.74 Å². The zero-order valence-electron chi connectivity index (χ0n) is 9.12. The Hall–Kier alpha value is -1.93. The average molecular weight is 309 g/mol. The van der Waals surface area contributed by atoms with E-state index in [1.54, 1.807) is 0 Å². The Bertz CT molecular complexity index is 501. The molecule has 0 saturated heterocycles. The van der Waals surface area contributed by atoms with Gasteiger partial charge in [-0.1, -0.05) is 0 Å². The number of benzene rings is 1. The number of halogens is 2. The van der Waals surface area contributed by atoms with Crippen molar-refractivity contribution in [2.45, 2.75) is 4.84 Å². The summed E-state index contributed by atoms with van der Waals surface area (Å²) in [7, 11) is 0. The molecule has 1 aromatic rings. The third-order valence-corrected chi connectivity index (χ3v) is 2.15. The first-order chi connectivity index (χ1) is 8.81. The van der Waals surface area contributed by atoms with E-state index >= 15 is 0 Å². The second-order valence-electron chi connectivity index (χ2n) is 3.24. The largest absolute Gasteiger partial charge is 0.459 e. The Labute approximate surface area is 116 Å². The minimum Gasteiger partial charge on any atom is -0.459 e. The molecule has 0 heterocycles. The first-order valence-electron chi connectivity index (χ1n) is 4.70. The van der Waals surface area contributed by atoms with Crippen molar-refractivity contribution in [3.63, 3.8) is 0 Å². The van der Waals surface area contributed by atoms with E-state index in [0.717, 1.165) is 18.2 Å². The molecule has 0 aromatic heterocycles. The van der Waals surface area contributed by atoms with Crippen molar-refractivity contribution in [1.29, 1.82) is 0 Å². The maximum Gasteiger partial charge on any atom is 0.338 e. The molecule has 0 spiro atoms. The van der Waals surface area contributed by atoms with Gasteiger partial charge in [0.1, 0.15) is 11.4 Å². The van der Waals surface area contributed by atoms with Gasteiger partial charge in [-0.05, 0) is 0 Å². The Balaban J connectivity index is 3.09. The zero-order chi connectivity index (χ0) is 14.6. The number of nitro groups is 2. The molecule has 0 aliphatic rings. The summed E-state index contributed by atoms with van der Waals surface area (Å²) in [6, 6.07) is 2.47. The number of nitrogens with zero attached hydrogens (tertiary/aromatic N) is 2. The molecule has 0 atom stereocenters. The van der Waals surface area contributed by atoms with Gasteiger partial charge in [0.15, 0.2) is 0 Å². The zero-order valence-corrected chi connectivity index (χ0v) is 10.6. The lowest BCUT2D eigenvalue weighted by atomic mass is 10.2. The van der Waals surface area contributed by atoms with Crippen LogP contribution in [-0.2, 0) is 4.74 Å². The van der Waals surface area contributed by atoms with Crippen LogP contribution in [0.3, 0.4) is 0 Å². The summed E-state index contributed by atoms with van der Waals surface area (Å²) in [5.41, 5.74) is -1.50. The van der Waals surface area contributed by atoms with Crippen LogP contribution >= 0.6 is 23.2 Å². The fourth-order valence-electron chi connectivity index (χ4n) is 1.15. The maximum atomic E-state index is 11.5. The lowest BCUT2D eigenvalue weighted by Crippen LogP contribution is -2.11. The lowest BCUT2D eigenvalue weighted by Gasteiger charge is -2.04. The van der Waals surface area contributed by atoms with Crippen LogP contribution in [0.1, 0.15) is 10.4 Å². The molecule has 1 rings (SSSR count). The highest BCUT2D eigenvalue weighted by atomic mass is 35.5. The number of esters is 1. The maximum absolute atomic E-state index is 11.5. The van der Waals surface area contributed by atoms with Crippen molar-refractivity contribution in [3.05, 3.63) is 44.0 Å². The molecule has 1 aromatic carbocycles. The molecule has 8 nitrogen and oxygen atoms in total. The SMILES string of the molecule is O=C(OCC(Cl)Cl)c1cc([N+](=O)[O-])cc([N+](=O)[O-])c1. The third kappa shape index (κ3) is 4.34. The molecular formula is C9H6Cl2N2O6. The fraction of sp³-hybridized carbons (Fsp3) is 0.222. The van der Waals surface area contributed by atoms with E-state index in [-0.39, 0.29) is 12.2 Å². The van der Waals surface area contributed by atoms with Gasteiger partial charge in [-0.25, -0.2) is 4.79 Å². The van der Waals surface area contributed by atoms with Crippen LogP contribution in [0.4, 0.5) is 11.4 Å². The van der Waals surface area contributed by atoms with Gasteiger partial charge in [0.05, 0.1) is 21.5 Å². The Morgan fingerprint density at radius 3 is 2.00 bits per heavy atom. The van der Waals surface area contributed by atoms with Gasteiger partial charge in [-0.15, -0.1) is 23.2 Å². The fourth-order valence-corrected chi connectivity index (χ4v) is 1.27. The van der Waals surface area contributed by atoms with E-state index in [2.05, 4.69) is 4.74 Å². The molecule has 0 bridgehead atoms. The number of ether oxygens (including phenoxy) is 1. The van der Waals surface area contributed by atoms with E-state index in [1.807, 2.05) is 0 Å². The number of hydrogen-bond donors (Lipinski definition) is 0. The summed E-state index contributed by atoms with van der Waals surface area (Å²) < 4.78 is 4.61. The van der Waals surface area contributed by atoms with E-state index < -0.39 is 32.0 Å². The number of carbonyl (C=O) groups is 1. The molecule has 102 valence electrons. The smallest absolute Gasteiger partial charge is 0.338 e. The Kier molecular flexibility index (Phi) is 5.02. The van der Waals surface area contributed by atoms with Crippen LogP contribution in [0.15, 0.2) is 18.2 Å². The van der Waals surface area contributed by atoms with Crippen molar-refractivity contribution in [2.75, 3.05) is 6.61 Å². The van der Waals surface area contributed by atoms with Crippen LogP contribution < -0.4 is 0 Å². The van der Waals surface area contributed by atoms with E-state index in [4.69, 9.17) is 23.2 Å². The molecule has 0 amide bonds. The number of nitro benzene ring substituents is 2. The van der Waals surface area contributed by atoms with Crippen molar-refractivity contribution < 1.29 is 19.4 Å². The van der Waals surface area contributed by atoms with Gasteiger partial charge in [0.25, 0.3) is 11.4 Å². The molecule has 0 N–H and O–H groups in total. The Morgan fingerprint density at radius 1 is 1.16 bits per heavy atom. The highest BCUT2D eigenvalue weighted by Crippen LogP contribution is 2.23. The molecule has 0 unspecified atom stereocenters. The number of hydrogen-bond acceptors (Lipinski definition) is 6. The van der Waals surface area contributed by atoms with Gasteiger partial charge in [0, 0.05) is 12.1 Å². The van der Waals surface area contributed by atoms with Gasteiger partial charge in [-0.2, -0.15) is 0 Å². The van der Waals surface area contributed by atoms with E-state index in [0.29, 0.717) is 0 Å². The highest BCUT2D eigenvalue weighted by Gasteiger charge is 2.21. The van der Waals surface area contributed by atoms with Gasteiger partial charge in [-0.3, -0.25) is 20.2 Å². The molecule has 19 heavy (non-hydrogen) atoms. The predicted molar refractivity (Wildman–Crippen MR) is 65.5 cm³/mol. The molecule has 0 saturated carbocycles. The summed E-state index contributed by atoms with van der Waals surface area (Å²) in [5, 5.41) is 21.2. The van der Waals surface area contributed by atoms with E-state index in [9.17, 15) is 25.0 Å². The molecule has 0 aliphatic heterocycles. The number of non-ortho nitro benzene ring substituents is 2.